The second-order valence-electron chi connectivity index (χ2n) is 8.31. The lowest BCUT2D eigenvalue weighted by atomic mass is 9.49. The molecular weight excluding hydrogens is 308 g/mol. The Labute approximate surface area is 144 Å². The maximum Gasteiger partial charge on any atom is 0.303 e. The minimum absolute atomic E-state index is 0.00969. The third kappa shape index (κ3) is 4.37. The Kier molecular flexibility index (Phi) is 6.59. The zero-order valence-electron chi connectivity index (χ0n) is 15.6. The largest absolute Gasteiger partial charge is 0.481 e. The van der Waals surface area contributed by atoms with Gasteiger partial charge in [0, 0.05) is 18.3 Å². The van der Waals surface area contributed by atoms with Crippen molar-refractivity contribution >= 4 is 17.7 Å². The minimum atomic E-state index is -0.869. The first-order valence-electron chi connectivity index (χ1n) is 8.88. The van der Waals surface area contributed by atoms with Crippen LogP contribution in [0.3, 0.4) is 0 Å². The summed E-state index contributed by atoms with van der Waals surface area (Å²) in [5.74, 6) is -1.48. The van der Waals surface area contributed by atoms with Crippen molar-refractivity contribution in [3.63, 3.8) is 0 Å². The molecule has 5 atom stereocenters. The second-order valence-corrected chi connectivity index (χ2v) is 8.31. The molecule has 138 valence electrons. The lowest BCUT2D eigenvalue weighted by molar-refractivity contribution is -0.151. The Bertz CT molecular complexity index is 500. The number of hydrogen-bond donors (Lipinski definition) is 2. The molecule has 1 rings (SSSR count). The van der Waals surface area contributed by atoms with E-state index >= 15 is 0 Å². The molecule has 1 saturated carbocycles. The van der Waals surface area contributed by atoms with Gasteiger partial charge in [-0.05, 0) is 55.8 Å². The van der Waals surface area contributed by atoms with E-state index in [4.69, 9.17) is 5.11 Å². The van der Waals surface area contributed by atoms with Crippen LogP contribution in [0.25, 0.3) is 0 Å². The summed E-state index contributed by atoms with van der Waals surface area (Å²) < 4.78 is 0. The first-order chi connectivity index (χ1) is 10.9. The quantitative estimate of drug-likeness (QED) is 0.697. The fourth-order valence-corrected chi connectivity index (χ4v) is 4.52. The summed E-state index contributed by atoms with van der Waals surface area (Å²) in [6, 6.07) is 0. The molecule has 1 aliphatic carbocycles. The van der Waals surface area contributed by atoms with Gasteiger partial charge in [0.1, 0.15) is 5.78 Å². The summed E-state index contributed by atoms with van der Waals surface area (Å²) >= 11 is 0. The number of Topliss-reactive ketones (excluding diaryl/α,β-unsaturated/α-hetero) is 1. The van der Waals surface area contributed by atoms with Gasteiger partial charge in [-0.2, -0.15) is 0 Å². The lowest BCUT2D eigenvalue weighted by Gasteiger charge is -2.54. The van der Waals surface area contributed by atoms with Crippen LogP contribution in [-0.4, -0.2) is 27.9 Å². The van der Waals surface area contributed by atoms with E-state index < -0.39 is 17.4 Å². The predicted octanol–water partition coefficient (Wildman–Crippen LogP) is 4.00. The first-order valence-corrected chi connectivity index (χ1v) is 8.88. The minimum Gasteiger partial charge on any atom is -0.481 e. The molecule has 0 aromatic rings. The molecular formula is C19H32O5. The molecule has 1 fully saturated rings. The number of hydrogen-bond acceptors (Lipinski definition) is 3. The van der Waals surface area contributed by atoms with Gasteiger partial charge in [-0.3, -0.25) is 14.4 Å². The van der Waals surface area contributed by atoms with Gasteiger partial charge in [0.05, 0.1) is 0 Å². The molecule has 5 nitrogen and oxygen atoms in total. The molecule has 0 heterocycles. The Balaban J connectivity index is 3.09. The van der Waals surface area contributed by atoms with Gasteiger partial charge < -0.3 is 10.2 Å². The highest BCUT2D eigenvalue weighted by atomic mass is 16.4. The van der Waals surface area contributed by atoms with Crippen LogP contribution in [0.2, 0.25) is 0 Å². The van der Waals surface area contributed by atoms with E-state index in [-0.39, 0.29) is 35.9 Å². The summed E-state index contributed by atoms with van der Waals surface area (Å²) in [6.07, 6.45) is 3.22. The number of carbonyl (C=O) groups is 3. The normalized spacial score (nSPS) is 34.5. The summed E-state index contributed by atoms with van der Waals surface area (Å²) in [6.45, 7) is 9.63. The zero-order chi connectivity index (χ0) is 18.7. The van der Waals surface area contributed by atoms with Crippen LogP contribution >= 0.6 is 0 Å². The SMILES string of the molecule is CC(=O)C1(C)CCC(C)C(C)(CCC(C)CC(=O)O)C1CC(=O)O. The van der Waals surface area contributed by atoms with Gasteiger partial charge >= 0.3 is 11.9 Å². The molecule has 0 aliphatic heterocycles. The fourth-order valence-electron chi connectivity index (χ4n) is 4.52. The van der Waals surface area contributed by atoms with Crippen molar-refractivity contribution in [3.8, 4) is 0 Å². The van der Waals surface area contributed by atoms with E-state index in [0.29, 0.717) is 5.92 Å². The molecule has 1 aliphatic rings. The number of rotatable bonds is 8. The molecule has 5 unspecified atom stereocenters. The van der Waals surface area contributed by atoms with Crippen LogP contribution in [-0.2, 0) is 14.4 Å². The monoisotopic (exact) mass is 340 g/mol. The molecule has 0 spiro atoms. The van der Waals surface area contributed by atoms with Gasteiger partial charge in [0.15, 0.2) is 0 Å². The average Bonchev–Trinajstić information content (AvgIpc) is 2.45. The molecule has 5 heteroatoms. The van der Waals surface area contributed by atoms with Crippen LogP contribution < -0.4 is 0 Å². The zero-order valence-corrected chi connectivity index (χ0v) is 15.6. The summed E-state index contributed by atoms with van der Waals surface area (Å²) in [7, 11) is 0. The van der Waals surface area contributed by atoms with Crippen molar-refractivity contribution in [3.05, 3.63) is 0 Å². The number of carboxylic acid groups (broad SMARTS) is 2. The van der Waals surface area contributed by atoms with Crippen molar-refractivity contribution < 1.29 is 24.6 Å². The van der Waals surface area contributed by atoms with Crippen LogP contribution in [0.5, 0.6) is 0 Å². The fraction of sp³-hybridized carbons (Fsp3) is 0.842. The summed E-state index contributed by atoms with van der Waals surface area (Å²) in [5, 5.41) is 18.3. The Morgan fingerprint density at radius 2 is 1.75 bits per heavy atom. The summed E-state index contributed by atoms with van der Waals surface area (Å²) in [5.41, 5.74) is -0.889. The van der Waals surface area contributed by atoms with E-state index in [9.17, 15) is 19.5 Å². The van der Waals surface area contributed by atoms with E-state index in [1.807, 2.05) is 13.8 Å². The average molecular weight is 340 g/mol. The standard InChI is InChI=1S/C19H32O5/c1-12(10-16(21)22)6-8-18(4)13(2)7-9-19(5,14(3)20)15(18)11-17(23)24/h12-13,15H,6-11H2,1-5H3,(H,21,22)(H,23,24). The first kappa shape index (κ1) is 20.7. The number of carbonyl (C=O) groups excluding carboxylic acids is 1. The highest BCUT2D eigenvalue weighted by Crippen LogP contribution is 2.58. The van der Waals surface area contributed by atoms with Gasteiger partial charge in [-0.15, -0.1) is 0 Å². The highest BCUT2D eigenvalue weighted by molar-refractivity contribution is 5.83. The van der Waals surface area contributed by atoms with Crippen molar-refractivity contribution in [2.24, 2.45) is 28.6 Å². The molecule has 2 N–H and O–H groups in total. The Morgan fingerprint density at radius 3 is 2.21 bits per heavy atom. The smallest absolute Gasteiger partial charge is 0.303 e. The van der Waals surface area contributed by atoms with Crippen molar-refractivity contribution in [1.82, 2.24) is 0 Å². The van der Waals surface area contributed by atoms with Crippen LogP contribution in [0, 0.1) is 28.6 Å². The topological polar surface area (TPSA) is 91.7 Å². The van der Waals surface area contributed by atoms with Crippen LogP contribution in [0.1, 0.15) is 73.1 Å². The maximum absolute atomic E-state index is 12.3. The second kappa shape index (κ2) is 7.66. The van der Waals surface area contributed by atoms with Crippen molar-refractivity contribution in [1.29, 1.82) is 0 Å². The third-order valence-electron chi connectivity index (χ3n) is 6.67. The van der Waals surface area contributed by atoms with E-state index in [0.717, 1.165) is 25.7 Å². The Hall–Kier alpha value is -1.39. The van der Waals surface area contributed by atoms with Gasteiger partial charge in [-0.25, -0.2) is 0 Å². The van der Waals surface area contributed by atoms with E-state index in [2.05, 4.69) is 13.8 Å². The van der Waals surface area contributed by atoms with Gasteiger partial charge in [-0.1, -0.05) is 27.7 Å². The van der Waals surface area contributed by atoms with Crippen molar-refractivity contribution in [2.75, 3.05) is 0 Å². The maximum atomic E-state index is 12.3. The van der Waals surface area contributed by atoms with Crippen molar-refractivity contribution in [2.45, 2.75) is 73.1 Å². The van der Waals surface area contributed by atoms with Crippen LogP contribution in [0.4, 0.5) is 0 Å². The van der Waals surface area contributed by atoms with Gasteiger partial charge in [0.2, 0.25) is 0 Å². The number of carboxylic acids is 2. The van der Waals surface area contributed by atoms with Crippen LogP contribution in [0.15, 0.2) is 0 Å². The molecule has 24 heavy (non-hydrogen) atoms. The highest BCUT2D eigenvalue weighted by Gasteiger charge is 2.54. The molecule has 0 aromatic heterocycles. The molecule has 0 radical (unpaired) electrons. The molecule has 0 bridgehead atoms. The Morgan fingerprint density at radius 1 is 1.17 bits per heavy atom. The van der Waals surface area contributed by atoms with E-state index in [1.165, 1.54) is 0 Å². The molecule has 0 amide bonds. The molecule has 0 saturated heterocycles. The predicted molar refractivity (Wildman–Crippen MR) is 91.7 cm³/mol. The molecule has 0 aromatic carbocycles. The van der Waals surface area contributed by atoms with Gasteiger partial charge in [0.25, 0.3) is 0 Å². The lowest BCUT2D eigenvalue weighted by Crippen LogP contribution is -2.51. The number of ketones is 1. The number of aliphatic carboxylic acids is 2. The van der Waals surface area contributed by atoms with E-state index in [1.54, 1.807) is 6.92 Å². The summed E-state index contributed by atoms with van der Waals surface area (Å²) in [4.78, 5) is 34.7. The third-order valence-corrected chi connectivity index (χ3v) is 6.67.